The lowest BCUT2D eigenvalue weighted by Gasteiger charge is -2.19. The summed E-state index contributed by atoms with van der Waals surface area (Å²) in [6.07, 6.45) is 0. The number of carboxylic acid groups (broad SMARTS) is 2. The number of anilines is 2. The Balaban J connectivity index is 1.92. The molecule has 4 aromatic carbocycles. The van der Waals surface area contributed by atoms with Gasteiger partial charge >= 0.3 is 11.9 Å². The predicted molar refractivity (Wildman–Crippen MR) is 138 cm³/mol. The van der Waals surface area contributed by atoms with E-state index in [0.717, 1.165) is 27.8 Å². The molecule has 4 aromatic rings. The van der Waals surface area contributed by atoms with Gasteiger partial charge in [-0.05, 0) is 70.3 Å². The van der Waals surface area contributed by atoms with Crippen LogP contribution < -0.4 is 20.9 Å². The fraction of sp³-hybridized carbons (Fsp3) is 0.0714. The molecule has 0 unspecified atom stereocenters. The quantitative estimate of drug-likeness (QED) is 0.248. The number of hydrogen-bond donors (Lipinski definition) is 4. The molecule has 0 aromatic heterocycles. The minimum Gasteiger partial charge on any atom is -0.482 e. The number of aliphatic carboxylic acids is 2. The fourth-order valence-corrected chi connectivity index (χ4v) is 3.91. The zero-order chi connectivity index (χ0) is 25.7. The lowest BCUT2D eigenvalue weighted by atomic mass is 9.86. The molecule has 0 saturated heterocycles. The van der Waals surface area contributed by atoms with E-state index in [1.165, 1.54) is 0 Å². The van der Waals surface area contributed by atoms with Crippen LogP contribution in [0, 0.1) is 0 Å². The van der Waals surface area contributed by atoms with Gasteiger partial charge in [-0.1, -0.05) is 42.5 Å². The third kappa shape index (κ3) is 5.56. The molecule has 0 aliphatic heterocycles. The van der Waals surface area contributed by atoms with Gasteiger partial charge in [0.25, 0.3) is 0 Å². The highest BCUT2D eigenvalue weighted by Gasteiger charge is 2.18. The van der Waals surface area contributed by atoms with Crippen LogP contribution in [-0.2, 0) is 9.59 Å². The highest BCUT2D eigenvalue weighted by molar-refractivity contribution is 6.00. The first kappa shape index (κ1) is 24.2. The molecule has 8 heteroatoms. The van der Waals surface area contributed by atoms with Crippen molar-refractivity contribution in [3.63, 3.8) is 0 Å². The van der Waals surface area contributed by atoms with Gasteiger partial charge in [-0.25, -0.2) is 9.59 Å². The molecule has 8 nitrogen and oxygen atoms in total. The van der Waals surface area contributed by atoms with Gasteiger partial charge in [-0.15, -0.1) is 0 Å². The van der Waals surface area contributed by atoms with E-state index >= 15 is 0 Å². The van der Waals surface area contributed by atoms with Gasteiger partial charge in [-0.3, -0.25) is 0 Å². The van der Waals surface area contributed by atoms with Crippen molar-refractivity contribution >= 4 is 23.3 Å². The Labute approximate surface area is 207 Å². The average Bonchev–Trinajstić information content (AvgIpc) is 2.87. The molecule has 0 spiro atoms. The van der Waals surface area contributed by atoms with E-state index in [1.807, 2.05) is 42.5 Å². The first-order valence-electron chi connectivity index (χ1n) is 11.0. The zero-order valence-corrected chi connectivity index (χ0v) is 19.2. The summed E-state index contributed by atoms with van der Waals surface area (Å²) in [4.78, 5) is 22.0. The van der Waals surface area contributed by atoms with Crippen molar-refractivity contribution in [2.24, 2.45) is 0 Å². The molecule has 0 aliphatic carbocycles. The van der Waals surface area contributed by atoms with Crippen LogP contribution in [0.4, 0.5) is 11.4 Å². The molecular formula is C28H24N2O6. The molecule has 4 rings (SSSR count). The highest BCUT2D eigenvalue weighted by atomic mass is 16.5. The van der Waals surface area contributed by atoms with E-state index in [1.54, 1.807) is 42.5 Å². The summed E-state index contributed by atoms with van der Waals surface area (Å²) in [5.41, 5.74) is 18.3. The van der Waals surface area contributed by atoms with Crippen LogP contribution in [0.2, 0.25) is 0 Å². The largest absolute Gasteiger partial charge is 0.482 e. The van der Waals surface area contributed by atoms with E-state index in [2.05, 4.69) is 0 Å². The van der Waals surface area contributed by atoms with E-state index in [4.69, 9.17) is 31.2 Å². The highest BCUT2D eigenvalue weighted by Crippen LogP contribution is 2.44. The van der Waals surface area contributed by atoms with Gasteiger partial charge < -0.3 is 31.2 Å². The molecule has 6 N–H and O–H groups in total. The van der Waals surface area contributed by atoms with Crippen LogP contribution in [0.3, 0.4) is 0 Å². The predicted octanol–water partition coefficient (Wildman–Crippen LogP) is 4.78. The summed E-state index contributed by atoms with van der Waals surface area (Å²) in [6.45, 7) is -0.943. The molecule has 0 radical (unpaired) electrons. The van der Waals surface area contributed by atoms with Crippen molar-refractivity contribution in [1.29, 1.82) is 0 Å². The molecule has 0 atom stereocenters. The standard InChI is InChI=1S/C28H24N2O6/c29-20-9-7-17(8-10-20)23-11-12-24(30)28(19-4-2-6-22(14-19)36-16-26(33)34)27(23)18-3-1-5-21(13-18)35-15-25(31)32/h1-14H,15-16,29-30H2,(H,31,32)(H,33,34). The van der Waals surface area contributed by atoms with E-state index in [-0.39, 0.29) is 0 Å². The minimum atomic E-state index is -1.08. The van der Waals surface area contributed by atoms with Gasteiger partial charge in [-0.2, -0.15) is 0 Å². The van der Waals surface area contributed by atoms with Crippen LogP contribution in [0.25, 0.3) is 33.4 Å². The second-order valence-corrected chi connectivity index (χ2v) is 7.99. The number of carboxylic acids is 2. The first-order valence-corrected chi connectivity index (χ1v) is 11.0. The fourth-order valence-electron chi connectivity index (χ4n) is 3.91. The lowest BCUT2D eigenvalue weighted by Crippen LogP contribution is -2.09. The second kappa shape index (κ2) is 10.5. The lowest BCUT2D eigenvalue weighted by molar-refractivity contribution is -0.140. The maximum absolute atomic E-state index is 11.0. The molecular weight excluding hydrogens is 460 g/mol. The van der Waals surface area contributed by atoms with Gasteiger partial charge in [0.05, 0.1) is 0 Å². The number of carbonyl (C=O) groups is 2. The second-order valence-electron chi connectivity index (χ2n) is 7.99. The maximum atomic E-state index is 11.0. The molecule has 0 fully saturated rings. The normalized spacial score (nSPS) is 10.6. The Morgan fingerprint density at radius 3 is 1.69 bits per heavy atom. The Kier molecular flexibility index (Phi) is 7.06. The van der Waals surface area contributed by atoms with Gasteiger partial charge in [0.2, 0.25) is 0 Å². The Bertz CT molecular complexity index is 1420. The molecule has 0 amide bonds. The Morgan fingerprint density at radius 1 is 0.639 bits per heavy atom. The van der Waals surface area contributed by atoms with Crippen LogP contribution >= 0.6 is 0 Å². The van der Waals surface area contributed by atoms with Crippen molar-refractivity contribution in [3.8, 4) is 44.9 Å². The first-order chi connectivity index (χ1) is 17.3. The maximum Gasteiger partial charge on any atom is 0.341 e. The van der Waals surface area contributed by atoms with Crippen molar-refractivity contribution in [2.45, 2.75) is 0 Å². The van der Waals surface area contributed by atoms with E-state index in [0.29, 0.717) is 28.4 Å². The SMILES string of the molecule is Nc1ccc(-c2ccc(N)c(-c3cccc(OCC(=O)O)c3)c2-c2cccc(OCC(=O)O)c2)cc1. The Hall–Kier alpha value is -4.98. The number of hydrogen-bond acceptors (Lipinski definition) is 6. The topological polar surface area (TPSA) is 145 Å². The average molecular weight is 485 g/mol. The van der Waals surface area contributed by atoms with E-state index in [9.17, 15) is 9.59 Å². The van der Waals surface area contributed by atoms with Crippen LogP contribution in [0.1, 0.15) is 0 Å². The van der Waals surface area contributed by atoms with Gasteiger partial charge in [0, 0.05) is 16.9 Å². The molecule has 0 aliphatic rings. The number of rotatable bonds is 9. The molecule has 0 bridgehead atoms. The third-order valence-corrected chi connectivity index (χ3v) is 5.43. The Morgan fingerprint density at radius 2 is 1.17 bits per heavy atom. The van der Waals surface area contributed by atoms with Crippen molar-refractivity contribution in [3.05, 3.63) is 84.9 Å². The number of nitrogens with two attached hydrogens (primary N) is 2. The van der Waals surface area contributed by atoms with Crippen molar-refractivity contribution in [1.82, 2.24) is 0 Å². The van der Waals surface area contributed by atoms with Crippen molar-refractivity contribution < 1.29 is 29.3 Å². The van der Waals surface area contributed by atoms with Gasteiger partial charge in [0.15, 0.2) is 13.2 Å². The van der Waals surface area contributed by atoms with Gasteiger partial charge in [0.1, 0.15) is 11.5 Å². The number of ether oxygens (including phenoxy) is 2. The van der Waals surface area contributed by atoms with Crippen LogP contribution in [0.15, 0.2) is 84.9 Å². The van der Waals surface area contributed by atoms with E-state index < -0.39 is 25.2 Å². The number of nitrogen functional groups attached to an aromatic ring is 2. The summed E-state index contributed by atoms with van der Waals surface area (Å²) >= 11 is 0. The summed E-state index contributed by atoms with van der Waals surface area (Å²) in [5.74, 6) is -1.38. The summed E-state index contributed by atoms with van der Waals surface area (Å²) in [7, 11) is 0. The van der Waals surface area contributed by atoms with Crippen molar-refractivity contribution in [2.75, 3.05) is 24.7 Å². The third-order valence-electron chi connectivity index (χ3n) is 5.43. The summed E-state index contributed by atoms with van der Waals surface area (Å²) in [6, 6.07) is 25.3. The number of benzene rings is 4. The van der Waals surface area contributed by atoms with Crippen LogP contribution in [-0.4, -0.2) is 35.4 Å². The summed E-state index contributed by atoms with van der Waals surface area (Å²) in [5, 5.41) is 18.0. The van der Waals surface area contributed by atoms with Crippen LogP contribution in [0.5, 0.6) is 11.5 Å². The monoisotopic (exact) mass is 484 g/mol. The molecule has 182 valence electrons. The molecule has 36 heavy (non-hydrogen) atoms. The molecule has 0 saturated carbocycles. The summed E-state index contributed by atoms with van der Waals surface area (Å²) < 4.78 is 10.8. The minimum absolute atomic E-state index is 0.386. The smallest absolute Gasteiger partial charge is 0.341 e. The zero-order valence-electron chi connectivity index (χ0n) is 19.2. The molecule has 0 heterocycles.